The Morgan fingerprint density at radius 1 is 1.13 bits per heavy atom. The van der Waals surface area contributed by atoms with Crippen LogP contribution < -0.4 is 15.5 Å². The normalized spacial score (nSPS) is 14.6. The number of nitrogens with one attached hydrogen (secondary N) is 2. The van der Waals surface area contributed by atoms with Crippen LogP contribution in [-0.4, -0.2) is 47.4 Å². The molecule has 0 aliphatic carbocycles. The van der Waals surface area contributed by atoms with Gasteiger partial charge >= 0.3 is 0 Å². The molecular weight excluding hydrogens is 392 g/mol. The van der Waals surface area contributed by atoms with Gasteiger partial charge in [0.05, 0.1) is 12.5 Å². The highest BCUT2D eigenvalue weighted by atomic mass is 16.2. The highest BCUT2D eigenvalue weighted by Crippen LogP contribution is 2.27. The molecule has 0 radical (unpaired) electrons. The third kappa shape index (κ3) is 4.69. The van der Waals surface area contributed by atoms with Crippen LogP contribution in [0.5, 0.6) is 0 Å². The van der Waals surface area contributed by atoms with Crippen molar-refractivity contribution in [2.75, 3.05) is 25.5 Å². The fourth-order valence-electron chi connectivity index (χ4n) is 3.52. The van der Waals surface area contributed by atoms with E-state index < -0.39 is 0 Å². The van der Waals surface area contributed by atoms with Gasteiger partial charge in [-0.2, -0.15) is 0 Å². The molecule has 1 aliphatic heterocycles. The summed E-state index contributed by atoms with van der Waals surface area (Å²) in [5.41, 5.74) is 3.03. The number of carbonyl (C=O) groups is 2. The number of pyridine rings is 1. The van der Waals surface area contributed by atoms with Crippen molar-refractivity contribution in [3.8, 4) is 11.5 Å². The fourth-order valence-corrected chi connectivity index (χ4v) is 3.52. The Kier molecular flexibility index (Phi) is 5.88. The lowest BCUT2D eigenvalue weighted by atomic mass is 10.0. The average Bonchev–Trinajstić information content (AvgIpc) is 3.09. The number of hydrogen-bond acceptors (Lipinski definition) is 6. The standard InChI is InChI=1S/C23H24N6O2/c1-29(2)20-13-15(26-22(28-20)18-9-5-6-11-24-18)10-12-25-21(30)14-19-16-7-3-4-8-17(16)23(31)27-19/h3-9,11,13,19H,10,12,14H2,1-2H3,(H,25,30)(H,27,31)/t19-/m1/s1. The van der Waals surface area contributed by atoms with Crippen molar-refractivity contribution < 1.29 is 9.59 Å². The van der Waals surface area contributed by atoms with E-state index in [1.165, 1.54) is 0 Å². The molecule has 1 aliphatic rings. The zero-order valence-electron chi connectivity index (χ0n) is 17.5. The van der Waals surface area contributed by atoms with Crippen molar-refractivity contribution in [3.63, 3.8) is 0 Å². The van der Waals surface area contributed by atoms with Gasteiger partial charge in [-0.25, -0.2) is 9.97 Å². The molecule has 0 fully saturated rings. The van der Waals surface area contributed by atoms with Crippen LogP contribution in [0.4, 0.5) is 5.82 Å². The Morgan fingerprint density at radius 2 is 1.94 bits per heavy atom. The van der Waals surface area contributed by atoms with Crippen LogP contribution in [-0.2, 0) is 11.2 Å². The minimum atomic E-state index is -0.293. The van der Waals surface area contributed by atoms with Crippen LogP contribution >= 0.6 is 0 Å². The Hall–Kier alpha value is -3.81. The second kappa shape index (κ2) is 8.91. The summed E-state index contributed by atoms with van der Waals surface area (Å²) in [6.45, 7) is 0.437. The molecule has 2 aromatic heterocycles. The number of hydrogen-bond donors (Lipinski definition) is 2. The molecule has 2 N–H and O–H groups in total. The summed E-state index contributed by atoms with van der Waals surface area (Å²) in [5.74, 6) is 1.09. The van der Waals surface area contributed by atoms with E-state index in [0.29, 0.717) is 30.0 Å². The molecule has 0 spiro atoms. The number of aromatic nitrogens is 3. The number of rotatable bonds is 7. The van der Waals surface area contributed by atoms with Gasteiger partial charge in [-0.3, -0.25) is 14.6 Å². The summed E-state index contributed by atoms with van der Waals surface area (Å²) in [6, 6.07) is 14.6. The first-order valence-corrected chi connectivity index (χ1v) is 10.1. The van der Waals surface area contributed by atoms with E-state index >= 15 is 0 Å². The van der Waals surface area contributed by atoms with Crippen molar-refractivity contribution in [3.05, 3.63) is 71.5 Å². The summed E-state index contributed by atoms with van der Waals surface area (Å²) in [6.07, 6.45) is 2.47. The van der Waals surface area contributed by atoms with Crippen molar-refractivity contribution >= 4 is 17.6 Å². The van der Waals surface area contributed by atoms with Gasteiger partial charge in [0.15, 0.2) is 5.82 Å². The van der Waals surface area contributed by atoms with Gasteiger partial charge in [0.25, 0.3) is 5.91 Å². The highest BCUT2D eigenvalue weighted by Gasteiger charge is 2.29. The third-order valence-electron chi connectivity index (χ3n) is 5.10. The second-order valence-electron chi connectivity index (χ2n) is 7.57. The molecule has 3 heterocycles. The molecule has 4 rings (SSSR count). The molecule has 2 amide bonds. The number of nitrogens with zero attached hydrogens (tertiary/aromatic N) is 4. The van der Waals surface area contributed by atoms with Crippen molar-refractivity contribution in [2.45, 2.75) is 18.9 Å². The molecule has 8 nitrogen and oxygen atoms in total. The molecule has 0 saturated heterocycles. The predicted molar refractivity (Wildman–Crippen MR) is 118 cm³/mol. The Labute approximate surface area is 180 Å². The van der Waals surface area contributed by atoms with E-state index in [-0.39, 0.29) is 24.3 Å². The SMILES string of the molecule is CN(C)c1cc(CCNC(=O)C[C@H]2NC(=O)c3ccccc32)nc(-c2ccccn2)n1. The van der Waals surface area contributed by atoms with E-state index in [0.717, 1.165) is 17.1 Å². The number of fused-ring (bicyclic) bond motifs is 1. The largest absolute Gasteiger partial charge is 0.363 e. The van der Waals surface area contributed by atoms with Crippen molar-refractivity contribution in [2.24, 2.45) is 0 Å². The Bertz CT molecular complexity index is 1100. The van der Waals surface area contributed by atoms with Gasteiger partial charge in [-0.15, -0.1) is 0 Å². The molecule has 3 aromatic rings. The monoisotopic (exact) mass is 416 g/mol. The van der Waals surface area contributed by atoms with Crippen LogP contribution in [0.25, 0.3) is 11.5 Å². The van der Waals surface area contributed by atoms with Crippen LogP contribution in [0.2, 0.25) is 0 Å². The van der Waals surface area contributed by atoms with E-state index in [2.05, 4.69) is 25.6 Å². The minimum absolute atomic E-state index is 0.117. The number of benzene rings is 1. The van der Waals surface area contributed by atoms with Crippen LogP contribution in [0.1, 0.15) is 34.1 Å². The maximum atomic E-state index is 12.5. The molecule has 1 atom stereocenters. The lowest BCUT2D eigenvalue weighted by Gasteiger charge is -2.15. The average molecular weight is 416 g/mol. The number of carbonyl (C=O) groups excluding carboxylic acids is 2. The van der Waals surface area contributed by atoms with Gasteiger partial charge in [0.1, 0.15) is 11.5 Å². The van der Waals surface area contributed by atoms with Crippen LogP contribution in [0, 0.1) is 0 Å². The molecule has 0 bridgehead atoms. The van der Waals surface area contributed by atoms with Crippen LogP contribution in [0.3, 0.4) is 0 Å². The van der Waals surface area contributed by atoms with Crippen molar-refractivity contribution in [1.29, 1.82) is 0 Å². The molecule has 0 saturated carbocycles. The van der Waals surface area contributed by atoms with Gasteiger partial charge in [0.2, 0.25) is 5.91 Å². The first-order chi connectivity index (χ1) is 15.0. The summed E-state index contributed by atoms with van der Waals surface area (Å²) < 4.78 is 0. The smallest absolute Gasteiger partial charge is 0.252 e. The molecule has 158 valence electrons. The maximum absolute atomic E-state index is 12.5. The fraction of sp³-hybridized carbons (Fsp3) is 0.261. The molecular formula is C23H24N6O2. The first kappa shape index (κ1) is 20.5. The van der Waals surface area contributed by atoms with Crippen molar-refractivity contribution in [1.82, 2.24) is 25.6 Å². The lowest BCUT2D eigenvalue weighted by Crippen LogP contribution is -2.30. The third-order valence-corrected chi connectivity index (χ3v) is 5.10. The van der Waals surface area contributed by atoms with E-state index in [9.17, 15) is 9.59 Å². The lowest BCUT2D eigenvalue weighted by molar-refractivity contribution is -0.121. The predicted octanol–water partition coefficient (Wildman–Crippen LogP) is 2.14. The quantitative estimate of drug-likeness (QED) is 0.612. The van der Waals surface area contributed by atoms with Gasteiger partial charge in [-0.05, 0) is 23.8 Å². The van der Waals surface area contributed by atoms with Crippen LogP contribution in [0.15, 0.2) is 54.7 Å². The summed E-state index contributed by atoms with van der Waals surface area (Å²) >= 11 is 0. The van der Waals surface area contributed by atoms with E-state index in [1.807, 2.05) is 61.5 Å². The number of anilines is 1. The zero-order chi connectivity index (χ0) is 21.8. The summed E-state index contributed by atoms with van der Waals surface area (Å²) in [7, 11) is 3.84. The molecule has 8 heteroatoms. The first-order valence-electron chi connectivity index (χ1n) is 10.1. The molecule has 1 aromatic carbocycles. The highest BCUT2D eigenvalue weighted by molar-refractivity contribution is 5.99. The molecule has 31 heavy (non-hydrogen) atoms. The summed E-state index contributed by atoms with van der Waals surface area (Å²) in [5, 5.41) is 5.80. The van der Waals surface area contributed by atoms with Gasteiger partial charge < -0.3 is 15.5 Å². The minimum Gasteiger partial charge on any atom is -0.363 e. The Balaban J connectivity index is 1.39. The van der Waals surface area contributed by atoms with Gasteiger partial charge in [-0.1, -0.05) is 24.3 Å². The Morgan fingerprint density at radius 3 is 2.71 bits per heavy atom. The number of amides is 2. The van der Waals surface area contributed by atoms with Gasteiger partial charge in [0, 0.05) is 50.6 Å². The van der Waals surface area contributed by atoms with E-state index in [1.54, 1.807) is 12.3 Å². The topological polar surface area (TPSA) is 100 Å². The second-order valence-corrected chi connectivity index (χ2v) is 7.57. The zero-order valence-corrected chi connectivity index (χ0v) is 17.5. The van der Waals surface area contributed by atoms with E-state index in [4.69, 9.17) is 0 Å². The maximum Gasteiger partial charge on any atom is 0.252 e. The molecule has 0 unspecified atom stereocenters. The summed E-state index contributed by atoms with van der Waals surface area (Å²) in [4.78, 5) is 39.9.